The second-order valence-electron chi connectivity index (χ2n) is 3.15. The summed E-state index contributed by atoms with van der Waals surface area (Å²) in [6.07, 6.45) is 3.54. The zero-order valence-corrected chi connectivity index (χ0v) is 8.94. The van der Waals surface area contributed by atoms with E-state index < -0.39 is 16.6 Å². The summed E-state index contributed by atoms with van der Waals surface area (Å²) in [5.41, 5.74) is -1.96. The maximum absolute atomic E-state index is 10.6. The van der Waals surface area contributed by atoms with E-state index in [9.17, 15) is 9.59 Å². The zero-order valence-electron chi connectivity index (χ0n) is 7.42. The quantitative estimate of drug-likeness (QED) is 0.549. The van der Waals surface area contributed by atoms with E-state index >= 15 is 0 Å². The fourth-order valence-corrected chi connectivity index (χ4v) is 1.89. The Morgan fingerprint density at radius 1 is 0.929 bits per heavy atom. The number of hydrogen-bond donors (Lipinski definition) is 0. The molecule has 0 radical (unpaired) electrons. The van der Waals surface area contributed by atoms with Gasteiger partial charge in [0.25, 0.3) is 5.79 Å². The summed E-state index contributed by atoms with van der Waals surface area (Å²) in [6, 6.07) is 0. The van der Waals surface area contributed by atoms with Crippen LogP contribution in [0.2, 0.25) is 0 Å². The highest BCUT2D eigenvalue weighted by molar-refractivity contribution is 6.61. The van der Waals surface area contributed by atoms with Gasteiger partial charge < -0.3 is 9.47 Å². The van der Waals surface area contributed by atoms with Gasteiger partial charge in [0, 0.05) is 36.0 Å². The molecule has 1 rings (SSSR count). The monoisotopic (exact) mass is 240 g/mol. The van der Waals surface area contributed by atoms with Gasteiger partial charge in [0.1, 0.15) is 0 Å². The van der Waals surface area contributed by atoms with Gasteiger partial charge in [0.2, 0.25) is 0 Å². The number of carbonyl (C=O) groups is 2. The van der Waals surface area contributed by atoms with Gasteiger partial charge in [-0.1, -0.05) is 6.42 Å². The molecule has 80 valence electrons. The number of rotatable bonds is 2. The first kappa shape index (κ1) is 11.6. The largest absolute Gasteiger partial charge is 0.410 e. The van der Waals surface area contributed by atoms with Gasteiger partial charge in [-0.2, -0.15) is 0 Å². The van der Waals surface area contributed by atoms with Crippen LogP contribution in [0.25, 0.3) is 0 Å². The Bertz CT molecular complexity index is 217. The lowest BCUT2D eigenvalue weighted by molar-refractivity contribution is -0.169. The highest BCUT2D eigenvalue weighted by Gasteiger charge is 2.39. The van der Waals surface area contributed by atoms with Gasteiger partial charge in [-0.05, 0) is 12.8 Å². The van der Waals surface area contributed by atoms with Crippen molar-refractivity contribution in [3.8, 4) is 0 Å². The second-order valence-corrected chi connectivity index (χ2v) is 3.77. The summed E-state index contributed by atoms with van der Waals surface area (Å²) < 4.78 is 9.58. The summed E-state index contributed by atoms with van der Waals surface area (Å²) >= 11 is 10.2. The van der Waals surface area contributed by atoms with Crippen LogP contribution >= 0.6 is 23.2 Å². The molecule has 0 unspecified atom stereocenters. The van der Waals surface area contributed by atoms with Crippen LogP contribution in [0.3, 0.4) is 0 Å². The Morgan fingerprint density at radius 3 is 1.71 bits per heavy atom. The predicted octanol–water partition coefficient (Wildman–Crippen LogP) is 3.40. The number of halogens is 2. The molecule has 0 heterocycles. The molecule has 0 bridgehead atoms. The smallest absolute Gasteiger partial charge is 0.407 e. The van der Waals surface area contributed by atoms with Crippen molar-refractivity contribution in [2.24, 2.45) is 0 Å². The van der Waals surface area contributed by atoms with E-state index in [0.29, 0.717) is 12.8 Å². The maximum atomic E-state index is 10.6. The van der Waals surface area contributed by atoms with Crippen molar-refractivity contribution < 1.29 is 19.1 Å². The summed E-state index contributed by atoms with van der Waals surface area (Å²) in [5.74, 6) is -1.24. The Labute approximate surface area is 91.4 Å². The van der Waals surface area contributed by atoms with E-state index in [1.165, 1.54) is 0 Å². The Kier molecular flexibility index (Phi) is 4.01. The van der Waals surface area contributed by atoms with Gasteiger partial charge in [-0.3, -0.25) is 0 Å². The fourth-order valence-electron chi connectivity index (χ4n) is 1.61. The van der Waals surface area contributed by atoms with Crippen molar-refractivity contribution in [1.29, 1.82) is 0 Å². The van der Waals surface area contributed by atoms with Crippen molar-refractivity contribution in [2.75, 3.05) is 0 Å². The molecule has 0 saturated heterocycles. The second kappa shape index (κ2) is 4.84. The lowest BCUT2D eigenvalue weighted by Gasteiger charge is -2.33. The molecule has 0 aromatic carbocycles. The third-order valence-electron chi connectivity index (χ3n) is 2.15. The molecule has 0 atom stereocenters. The molecule has 1 aliphatic carbocycles. The van der Waals surface area contributed by atoms with E-state index in [1.807, 2.05) is 0 Å². The van der Waals surface area contributed by atoms with Crippen LogP contribution in [0, 0.1) is 0 Å². The van der Waals surface area contributed by atoms with Crippen LogP contribution in [-0.2, 0) is 9.47 Å². The summed E-state index contributed by atoms with van der Waals surface area (Å²) in [5, 5.41) is 0. The van der Waals surface area contributed by atoms with Gasteiger partial charge >= 0.3 is 10.9 Å². The first-order valence-electron chi connectivity index (χ1n) is 4.31. The topological polar surface area (TPSA) is 52.6 Å². The molecule has 4 nitrogen and oxygen atoms in total. The Morgan fingerprint density at radius 2 is 1.36 bits per heavy atom. The van der Waals surface area contributed by atoms with Crippen LogP contribution in [0.15, 0.2) is 0 Å². The maximum Gasteiger partial charge on any atom is 0.407 e. The van der Waals surface area contributed by atoms with Gasteiger partial charge in [-0.15, -0.1) is 0 Å². The fraction of sp³-hybridized carbons (Fsp3) is 0.750. The first-order chi connectivity index (χ1) is 6.54. The van der Waals surface area contributed by atoms with Crippen LogP contribution in [0.5, 0.6) is 0 Å². The molecule has 0 aromatic heterocycles. The van der Waals surface area contributed by atoms with E-state index in [-0.39, 0.29) is 0 Å². The van der Waals surface area contributed by atoms with Gasteiger partial charge in [0.15, 0.2) is 0 Å². The van der Waals surface area contributed by atoms with Crippen LogP contribution in [0.4, 0.5) is 9.59 Å². The molecule has 1 fully saturated rings. The van der Waals surface area contributed by atoms with E-state index in [4.69, 9.17) is 32.7 Å². The van der Waals surface area contributed by atoms with Crippen molar-refractivity contribution in [3.05, 3.63) is 0 Å². The molecule has 0 aromatic rings. The molecule has 6 heteroatoms. The molecule has 0 spiro atoms. The van der Waals surface area contributed by atoms with Crippen LogP contribution in [0.1, 0.15) is 32.1 Å². The van der Waals surface area contributed by atoms with E-state index in [2.05, 4.69) is 0 Å². The molecule has 1 saturated carbocycles. The molecular formula is C8H10Cl2O4. The van der Waals surface area contributed by atoms with Crippen molar-refractivity contribution in [2.45, 2.75) is 37.9 Å². The first-order valence-corrected chi connectivity index (χ1v) is 5.07. The Hall–Kier alpha value is -0.480. The van der Waals surface area contributed by atoms with E-state index in [0.717, 1.165) is 19.3 Å². The molecule has 0 amide bonds. The summed E-state index contributed by atoms with van der Waals surface area (Å²) in [4.78, 5) is 21.2. The van der Waals surface area contributed by atoms with Crippen LogP contribution < -0.4 is 0 Å². The lowest BCUT2D eigenvalue weighted by atomic mass is 9.94. The average molecular weight is 241 g/mol. The molecular weight excluding hydrogens is 231 g/mol. The molecule has 0 N–H and O–H groups in total. The van der Waals surface area contributed by atoms with Crippen molar-refractivity contribution in [3.63, 3.8) is 0 Å². The normalized spacial score (nSPS) is 19.9. The SMILES string of the molecule is O=C(Cl)OC1(OC(=O)Cl)CCCCC1. The third kappa shape index (κ3) is 3.35. The number of hydrogen-bond acceptors (Lipinski definition) is 4. The number of carbonyl (C=O) groups excluding carboxylic acids is 2. The van der Waals surface area contributed by atoms with E-state index in [1.54, 1.807) is 0 Å². The minimum absolute atomic E-state index is 0.448. The summed E-state index contributed by atoms with van der Waals surface area (Å²) in [6.45, 7) is 0. The molecule has 1 aliphatic rings. The third-order valence-corrected chi connectivity index (χ3v) is 2.30. The molecule has 14 heavy (non-hydrogen) atoms. The predicted molar refractivity (Wildman–Crippen MR) is 50.5 cm³/mol. The standard InChI is InChI=1S/C8H10Cl2O4/c9-6(11)13-8(14-7(10)12)4-2-1-3-5-8/h1-5H2. The van der Waals surface area contributed by atoms with Crippen LogP contribution in [-0.4, -0.2) is 16.6 Å². The van der Waals surface area contributed by atoms with Crippen molar-refractivity contribution >= 4 is 34.1 Å². The van der Waals surface area contributed by atoms with Crippen molar-refractivity contribution in [1.82, 2.24) is 0 Å². The van der Waals surface area contributed by atoms with Gasteiger partial charge in [0.05, 0.1) is 0 Å². The molecule has 0 aliphatic heterocycles. The highest BCUT2D eigenvalue weighted by atomic mass is 35.5. The highest BCUT2D eigenvalue weighted by Crippen LogP contribution is 2.34. The zero-order chi connectivity index (χ0) is 10.6. The van der Waals surface area contributed by atoms with Gasteiger partial charge in [-0.25, -0.2) is 9.59 Å². The average Bonchev–Trinajstić information content (AvgIpc) is 2.01. The summed E-state index contributed by atoms with van der Waals surface area (Å²) in [7, 11) is 0. The minimum atomic E-state index is -1.24. The lowest BCUT2D eigenvalue weighted by Crippen LogP contribution is -2.39. The number of ether oxygens (including phenoxy) is 2. The minimum Gasteiger partial charge on any atom is -0.410 e. The Balaban J connectivity index is 2.66.